The van der Waals surface area contributed by atoms with Crippen LogP contribution in [0.15, 0.2) is 80.9 Å². The molecule has 0 aliphatic carbocycles. The van der Waals surface area contributed by atoms with Crippen LogP contribution in [-0.4, -0.2) is 47.5 Å². The summed E-state index contributed by atoms with van der Waals surface area (Å²) in [7, 11) is 0. The third-order valence-electron chi connectivity index (χ3n) is 4.76. The zero-order valence-electron chi connectivity index (χ0n) is 20.2. The maximum absolute atomic E-state index is 12.0. The van der Waals surface area contributed by atoms with Crippen LogP contribution in [0.25, 0.3) is 0 Å². The number of unbranched alkanes of at least 4 members (excludes halogenated alkanes) is 1. The summed E-state index contributed by atoms with van der Waals surface area (Å²) < 4.78 is 0. The minimum absolute atomic E-state index is 0.148. The molecule has 2 aromatic rings. The van der Waals surface area contributed by atoms with Gasteiger partial charge in [-0.25, -0.2) is 0 Å². The zero-order valence-corrected chi connectivity index (χ0v) is 20.2. The molecule has 0 radical (unpaired) electrons. The van der Waals surface area contributed by atoms with Crippen molar-refractivity contribution in [3.05, 3.63) is 60.7 Å². The predicted octanol–water partition coefficient (Wildman–Crippen LogP) is 4.80. The average Bonchev–Trinajstić information content (AvgIpc) is 2.82. The van der Waals surface area contributed by atoms with Gasteiger partial charge in [0.25, 0.3) is 0 Å². The smallest absolute Gasteiger partial charge is 0.181 e. The van der Waals surface area contributed by atoms with E-state index in [-0.39, 0.29) is 11.6 Å². The lowest BCUT2D eigenvalue weighted by Gasteiger charge is -2.06. The molecule has 0 spiro atoms. The van der Waals surface area contributed by atoms with Crippen LogP contribution in [0.5, 0.6) is 0 Å². The molecule has 0 aliphatic rings. The van der Waals surface area contributed by atoms with E-state index in [0.29, 0.717) is 35.9 Å². The number of rotatable bonds is 13. The summed E-state index contributed by atoms with van der Waals surface area (Å²) in [5.41, 5.74) is 9.20. The van der Waals surface area contributed by atoms with Gasteiger partial charge in [0, 0.05) is 26.9 Å². The quantitative estimate of drug-likeness (QED) is 0.254. The highest BCUT2D eigenvalue weighted by atomic mass is 16.1. The third-order valence-corrected chi connectivity index (χ3v) is 4.76. The van der Waals surface area contributed by atoms with Gasteiger partial charge < -0.3 is 0 Å². The van der Waals surface area contributed by atoms with Gasteiger partial charge >= 0.3 is 0 Å². The molecule has 178 valence electrons. The lowest BCUT2D eigenvalue weighted by atomic mass is 10.2. The fourth-order valence-electron chi connectivity index (χ4n) is 2.96. The topological polar surface area (TPSA) is 108 Å². The van der Waals surface area contributed by atoms with Crippen molar-refractivity contribution in [3.63, 3.8) is 0 Å². The number of carbonyl (C=O) groups excluding carboxylic acids is 2. The molecule has 0 aliphatic heterocycles. The largest absolute Gasteiger partial charge is 0.293 e. The number of nitrogens with zero attached hydrogens (tertiary/aromatic N) is 4. The van der Waals surface area contributed by atoms with Gasteiger partial charge in [-0.15, -0.1) is 0 Å². The molecule has 0 fully saturated rings. The van der Waals surface area contributed by atoms with E-state index < -0.39 is 0 Å². The van der Waals surface area contributed by atoms with Crippen LogP contribution >= 0.6 is 0 Å². The van der Waals surface area contributed by atoms with Gasteiger partial charge in [0.15, 0.2) is 11.6 Å². The maximum Gasteiger partial charge on any atom is 0.181 e. The second-order valence-corrected chi connectivity index (χ2v) is 7.63. The summed E-state index contributed by atoms with van der Waals surface area (Å²) in [6.07, 6.45) is 1.58. The molecular weight excluding hydrogens is 428 g/mol. The minimum atomic E-state index is -0.148. The Kier molecular flexibility index (Phi) is 11.0. The van der Waals surface area contributed by atoms with Crippen molar-refractivity contribution in [1.29, 1.82) is 0 Å². The number of Topliss-reactive ketones (excluding diaryl/α,β-unsaturated/α-hetero) is 2. The Bertz CT molecular complexity index is 985. The van der Waals surface area contributed by atoms with E-state index >= 15 is 0 Å². The maximum atomic E-state index is 12.0. The highest BCUT2D eigenvalue weighted by Gasteiger charge is 2.11. The molecule has 0 heterocycles. The van der Waals surface area contributed by atoms with Crippen LogP contribution in [0.4, 0.5) is 11.4 Å². The lowest BCUT2D eigenvalue weighted by Crippen LogP contribution is -2.21. The van der Waals surface area contributed by atoms with Crippen molar-refractivity contribution in [3.8, 4) is 0 Å². The first kappa shape index (κ1) is 26.3. The van der Waals surface area contributed by atoms with E-state index in [0.717, 1.165) is 24.2 Å². The fraction of sp³-hybridized carbons (Fsp3) is 0.308. The molecule has 0 aromatic heterocycles. The summed E-state index contributed by atoms with van der Waals surface area (Å²) in [5.74, 6) is -0.296. The van der Waals surface area contributed by atoms with Crippen molar-refractivity contribution in [2.75, 3.05) is 23.9 Å². The van der Waals surface area contributed by atoms with E-state index in [1.165, 1.54) is 13.8 Å². The Morgan fingerprint density at radius 3 is 1.29 bits per heavy atom. The number of anilines is 2. The van der Waals surface area contributed by atoms with Gasteiger partial charge in [0.2, 0.25) is 0 Å². The van der Waals surface area contributed by atoms with E-state index in [1.54, 1.807) is 13.8 Å². The highest BCUT2D eigenvalue weighted by Crippen LogP contribution is 2.06. The molecule has 0 amide bonds. The Hall–Kier alpha value is -3.94. The monoisotopic (exact) mass is 460 g/mol. The number of benzene rings is 2. The number of ketones is 2. The summed E-state index contributed by atoms with van der Waals surface area (Å²) >= 11 is 0. The second kappa shape index (κ2) is 14.3. The van der Waals surface area contributed by atoms with Crippen LogP contribution in [0.3, 0.4) is 0 Å². The van der Waals surface area contributed by atoms with Gasteiger partial charge in [-0.2, -0.15) is 10.2 Å². The first-order chi connectivity index (χ1) is 16.4. The molecular formula is C26H32N6O2. The number of carbonyl (C=O) groups is 2. The Morgan fingerprint density at radius 1 is 0.618 bits per heavy atom. The van der Waals surface area contributed by atoms with Crippen molar-refractivity contribution in [2.24, 2.45) is 20.2 Å². The highest BCUT2D eigenvalue weighted by molar-refractivity contribution is 6.67. The zero-order chi connectivity index (χ0) is 24.8. The minimum Gasteiger partial charge on any atom is -0.293 e. The predicted molar refractivity (Wildman–Crippen MR) is 142 cm³/mol. The summed E-state index contributed by atoms with van der Waals surface area (Å²) in [6.45, 7) is 7.63. The average molecular weight is 461 g/mol. The van der Waals surface area contributed by atoms with Gasteiger partial charge in [-0.3, -0.25) is 30.4 Å². The lowest BCUT2D eigenvalue weighted by molar-refractivity contribution is -0.111. The SMILES string of the molecule is CC(=O)/C(=N/Nc1ccccc1)C(C)=NCCCCN=C(C)/C(=N\Nc1ccccc1)C(C)=O. The molecule has 0 unspecified atom stereocenters. The molecule has 0 atom stereocenters. The van der Waals surface area contributed by atoms with Gasteiger partial charge in [0.1, 0.15) is 11.4 Å². The summed E-state index contributed by atoms with van der Waals surface area (Å²) in [4.78, 5) is 32.9. The second-order valence-electron chi connectivity index (χ2n) is 7.63. The number of hydrazone groups is 2. The molecule has 8 nitrogen and oxygen atoms in total. The fourth-order valence-corrected chi connectivity index (χ4v) is 2.96. The molecule has 8 heteroatoms. The van der Waals surface area contributed by atoms with Crippen LogP contribution in [0.1, 0.15) is 40.5 Å². The summed E-state index contributed by atoms with van der Waals surface area (Å²) in [6, 6.07) is 18.9. The number of para-hydroxylation sites is 2. The third kappa shape index (κ3) is 9.28. The Balaban J connectivity index is 1.86. The number of nitrogens with one attached hydrogen (secondary N) is 2. The first-order valence-electron chi connectivity index (χ1n) is 11.2. The van der Waals surface area contributed by atoms with Crippen LogP contribution in [-0.2, 0) is 9.59 Å². The van der Waals surface area contributed by atoms with Crippen molar-refractivity contribution in [2.45, 2.75) is 40.5 Å². The molecule has 0 saturated carbocycles. The van der Waals surface area contributed by atoms with Gasteiger partial charge in [-0.1, -0.05) is 36.4 Å². The standard InChI is InChI=1S/C26H32N6O2/c1-19(25(21(3)33)31-29-23-13-7-5-8-14-23)27-17-11-12-18-28-20(2)26(22(4)34)32-30-24-15-9-6-10-16-24/h5-10,13-16,29-30H,11-12,17-18H2,1-4H3/b27-19?,28-20?,31-25+,32-26+. The van der Waals surface area contributed by atoms with E-state index in [9.17, 15) is 9.59 Å². The van der Waals surface area contributed by atoms with Crippen LogP contribution in [0, 0.1) is 0 Å². The van der Waals surface area contributed by atoms with Crippen LogP contribution < -0.4 is 10.9 Å². The molecule has 2 aromatic carbocycles. The Labute approximate surface area is 201 Å². The van der Waals surface area contributed by atoms with Gasteiger partial charge in [0.05, 0.1) is 22.8 Å². The first-order valence-corrected chi connectivity index (χ1v) is 11.2. The van der Waals surface area contributed by atoms with Crippen molar-refractivity contribution >= 4 is 45.8 Å². The van der Waals surface area contributed by atoms with Crippen molar-refractivity contribution < 1.29 is 9.59 Å². The molecule has 34 heavy (non-hydrogen) atoms. The van der Waals surface area contributed by atoms with Gasteiger partial charge in [-0.05, 0) is 51.0 Å². The molecule has 0 saturated heterocycles. The summed E-state index contributed by atoms with van der Waals surface area (Å²) in [5, 5.41) is 8.44. The molecule has 2 N–H and O–H groups in total. The van der Waals surface area contributed by atoms with E-state index in [4.69, 9.17) is 0 Å². The Morgan fingerprint density at radius 2 is 0.971 bits per heavy atom. The normalized spacial score (nSPS) is 12.9. The van der Waals surface area contributed by atoms with E-state index in [2.05, 4.69) is 31.0 Å². The molecule has 0 bridgehead atoms. The number of hydrogen-bond acceptors (Lipinski definition) is 8. The molecule has 2 rings (SSSR count). The number of hydrogen-bond donors (Lipinski definition) is 2. The number of aliphatic imine (C=N–C) groups is 2. The van der Waals surface area contributed by atoms with Crippen molar-refractivity contribution in [1.82, 2.24) is 0 Å². The van der Waals surface area contributed by atoms with E-state index in [1.807, 2.05) is 60.7 Å². The van der Waals surface area contributed by atoms with Crippen LogP contribution in [0.2, 0.25) is 0 Å².